The molecule has 0 unspecified atom stereocenters. The van der Waals surface area contributed by atoms with Crippen LogP contribution in [0.5, 0.6) is 11.5 Å². The molecule has 0 saturated carbocycles. The quantitative estimate of drug-likeness (QED) is 0.604. The first-order valence-electron chi connectivity index (χ1n) is 7.80. The fourth-order valence-corrected chi connectivity index (χ4v) is 3.02. The molecule has 0 radical (unpaired) electrons. The van der Waals surface area contributed by atoms with Crippen LogP contribution in [-0.2, 0) is 14.8 Å². The van der Waals surface area contributed by atoms with Crippen LogP contribution in [0.15, 0.2) is 53.4 Å². The number of hydrogen-bond acceptors (Lipinski definition) is 5. The van der Waals surface area contributed by atoms with E-state index >= 15 is 0 Å². The molecule has 0 aliphatic rings. The van der Waals surface area contributed by atoms with Crippen LogP contribution in [0.1, 0.15) is 19.4 Å². The summed E-state index contributed by atoms with van der Waals surface area (Å²) in [4.78, 5) is 11.9. The monoisotopic (exact) mass is 363 g/mol. The number of ether oxygens (including phenoxy) is 2. The first-order valence-corrected chi connectivity index (χ1v) is 9.28. The van der Waals surface area contributed by atoms with Crippen LogP contribution in [0.2, 0.25) is 0 Å². The van der Waals surface area contributed by atoms with Gasteiger partial charge in [0.25, 0.3) is 0 Å². The van der Waals surface area contributed by atoms with Crippen molar-refractivity contribution in [2.24, 2.45) is 0 Å². The summed E-state index contributed by atoms with van der Waals surface area (Å²) in [6, 6.07) is 12.9. The molecule has 2 aromatic carbocycles. The summed E-state index contributed by atoms with van der Waals surface area (Å²) in [5.74, 6) is 0.265. The Morgan fingerprint density at radius 3 is 2.36 bits per heavy atom. The Balaban J connectivity index is 1.95. The van der Waals surface area contributed by atoms with Crippen LogP contribution >= 0.6 is 0 Å². The second-order valence-corrected chi connectivity index (χ2v) is 7.52. The molecule has 0 amide bonds. The van der Waals surface area contributed by atoms with Gasteiger partial charge in [-0.15, -0.1) is 0 Å². The standard InChI is InChI=1S/C18H21NO5S/c1-13(2)23-15-7-9-17(10-8-15)25(21,22)19-12-18(20)24-16-6-4-5-14(3)11-16/h4-11,13,19H,12H2,1-3H3. The number of hydrogen-bond donors (Lipinski definition) is 1. The summed E-state index contributed by atoms with van der Waals surface area (Å²) in [7, 11) is -3.81. The van der Waals surface area contributed by atoms with E-state index in [1.807, 2.05) is 26.8 Å². The lowest BCUT2D eigenvalue weighted by molar-refractivity contribution is -0.133. The number of rotatable bonds is 7. The van der Waals surface area contributed by atoms with Gasteiger partial charge in [-0.1, -0.05) is 12.1 Å². The Morgan fingerprint density at radius 2 is 1.76 bits per heavy atom. The molecular formula is C18H21NO5S. The van der Waals surface area contributed by atoms with Gasteiger partial charge in [0.2, 0.25) is 10.0 Å². The van der Waals surface area contributed by atoms with Gasteiger partial charge in [0.1, 0.15) is 18.0 Å². The third-order valence-electron chi connectivity index (χ3n) is 3.13. The van der Waals surface area contributed by atoms with Gasteiger partial charge in [0.15, 0.2) is 0 Å². The highest BCUT2D eigenvalue weighted by molar-refractivity contribution is 7.89. The van der Waals surface area contributed by atoms with Crippen LogP contribution < -0.4 is 14.2 Å². The van der Waals surface area contributed by atoms with Gasteiger partial charge < -0.3 is 9.47 Å². The minimum Gasteiger partial charge on any atom is -0.491 e. The first-order chi connectivity index (χ1) is 11.8. The summed E-state index contributed by atoms with van der Waals surface area (Å²) < 4.78 is 37.2. The third kappa shape index (κ3) is 5.88. The number of sulfonamides is 1. The number of esters is 1. The van der Waals surface area contributed by atoms with Gasteiger partial charge in [0, 0.05) is 0 Å². The van der Waals surface area contributed by atoms with Crippen LogP contribution in [0.3, 0.4) is 0 Å². The minimum absolute atomic E-state index is 0.00280. The van der Waals surface area contributed by atoms with Gasteiger partial charge in [-0.2, -0.15) is 4.72 Å². The number of carbonyl (C=O) groups excluding carboxylic acids is 1. The van der Waals surface area contributed by atoms with Gasteiger partial charge in [-0.05, 0) is 62.7 Å². The molecule has 1 N–H and O–H groups in total. The molecule has 0 saturated heterocycles. The van der Waals surface area contributed by atoms with Crippen molar-refractivity contribution >= 4 is 16.0 Å². The van der Waals surface area contributed by atoms with Crippen molar-refractivity contribution < 1.29 is 22.7 Å². The highest BCUT2D eigenvalue weighted by Gasteiger charge is 2.16. The number of benzene rings is 2. The fraction of sp³-hybridized carbons (Fsp3) is 0.278. The maximum Gasteiger partial charge on any atom is 0.326 e. The summed E-state index contributed by atoms with van der Waals surface area (Å²) in [5, 5.41) is 0. The molecule has 134 valence electrons. The van der Waals surface area contributed by atoms with Crippen molar-refractivity contribution in [3.8, 4) is 11.5 Å². The highest BCUT2D eigenvalue weighted by Crippen LogP contribution is 2.17. The van der Waals surface area contributed by atoms with E-state index < -0.39 is 22.5 Å². The summed E-state index contributed by atoms with van der Waals surface area (Å²) in [5.41, 5.74) is 0.939. The van der Waals surface area contributed by atoms with Crippen molar-refractivity contribution in [2.75, 3.05) is 6.54 Å². The van der Waals surface area contributed by atoms with Crippen LogP contribution in [0, 0.1) is 6.92 Å². The number of nitrogens with one attached hydrogen (secondary N) is 1. The normalized spacial score (nSPS) is 11.4. The zero-order valence-electron chi connectivity index (χ0n) is 14.4. The second-order valence-electron chi connectivity index (χ2n) is 5.75. The Hall–Kier alpha value is -2.38. The smallest absolute Gasteiger partial charge is 0.326 e. The van der Waals surface area contributed by atoms with Gasteiger partial charge in [-0.25, -0.2) is 8.42 Å². The third-order valence-corrected chi connectivity index (χ3v) is 4.55. The van der Waals surface area contributed by atoms with Crippen molar-refractivity contribution in [2.45, 2.75) is 31.8 Å². The van der Waals surface area contributed by atoms with Crippen LogP contribution in [0.4, 0.5) is 0 Å². The summed E-state index contributed by atoms with van der Waals surface area (Å²) in [6.45, 7) is 5.17. The van der Waals surface area contributed by atoms with E-state index in [1.165, 1.54) is 12.1 Å². The van der Waals surface area contributed by atoms with E-state index in [9.17, 15) is 13.2 Å². The minimum atomic E-state index is -3.81. The number of carbonyl (C=O) groups is 1. The first kappa shape index (κ1) is 19.0. The molecule has 6 nitrogen and oxygen atoms in total. The molecule has 0 atom stereocenters. The SMILES string of the molecule is Cc1cccc(OC(=O)CNS(=O)(=O)c2ccc(OC(C)C)cc2)c1. The topological polar surface area (TPSA) is 81.7 Å². The highest BCUT2D eigenvalue weighted by atomic mass is 32.2. The predicted molar refractivity (Wildman–Crippen MR) is 94.2 cm³/mol. The van der Waals surface area contributed by atoms with Crippen molar-refractivity contribution in [1.82, 2.24) is 4.72 Å². The molecule has 0 heterocycles. The molecule has 0 spiro atoms. The average molecular weight is 363 g/mol. The zero-order valence-corrected chi connectivity index (χ0v) is 15.2. The van der Waals surface area contributed by atoms with E-state index in [4.69, 9.17) is 9.47 Å². The largest absolute Gasteiger partial charge is 0.491 e. The molecule has 25 heavy (non-hydrogen) atoms. The molecule has 7 heteroatoms. The molecule has 0 aromatic heterocycles. The van der Waals surface area contributed by atoms with Gasteiger partial charge in [0.05, 0.1) is 11.0 Å². The molecule has 2 aromatic rings. The fourth-order valence-electron chi connectivity index (χ4n) is 2.05. The number of aryl methyl sites for hydroxylation is 1. The van der Waals surface area contributed by atoms with E-state index in [-0.39, 0.29) is 11.0 Å². The lowest BCUT2D eigenvalue weighted by Crippen LogP contribution is -2.32. The molecule has 0 bridgehead atoms. The van der Waals surface area contributed by atoms with Gasteiger partial charge >= 0.3 is 5.97 Å². The second kappa shape index (κ2) is 8.13. The lowest BCUT2D eigenvalue weighted by Gasteiger charge is -2.11. The Labute approximate surface area is 147 Å². The molecule has 0 aliphatic heterocycles. The van der Waals surface area contributed by atoms with E-state index in [0.29, 0.717) is 11.5 Å². The molecule has 0 aliphatic carbocycles. The van der Waals surface area contributed by atoms with E-state index in [0.717, 1.165) is 5.56 Å². The maximum absolute atomic E-state index is 12.2. The van der Waals surface area contributed by atoms with Gasteiger partial charge in [-0.3, -0.25) is 4.79 Å². The van der Waals surface area contributed by atoms with Crippen molar-refractivity contribution in [3.63, 3.8) is 0 Å². The summed E-state index contributed by atoms with van der Waals surface area (Å²) >= 11 is 0. The molecule has 0 fully saturated rings. The van der Waals surface area contributed by atoms with Crippen molar-refractivity contribution in [1.29, 1.82) is 0 Å². The van der Waals surface area contributed by atoms with Crippen LogP contribution in [-0.4, -0.2) is 27.0 Å². The Bertz CT molecular complexity index is 829. The molecule has 2 rings (SSSR count). The Morgan fingerprint density at radius 1 is 1.08 bits per heavy atom. The summed E-state index contributed by atoms with van der Waals surface area (Å²) in [6.07, 6.45) is -0.00280. The predicted octanol–water partition coefficient (Wildman–Crippen LogP) is 2.67. The molecular weight excluding hydrogens is 342 g/mol. The van der Waals surface area contributed by atoms with E-state index in [1.54, 1.807) is 30.3 Å². The average Bonchev–Trinajstić information content (AvgIpc) is 2.53. The van der Waals surface area contributed by atoms with Crippen molar-refractivity contribution in [3.05, 3.63) is 54.1 Å². The van der Waals surface area contributed by atoms with E-state index in [2.05, 4.69) is 4.72 Å². The zero-order chi connectivity index (χ0) is 18.4. The Kier molecular flexibility index (Phi) is 6.17. The van der Waals surface area contributed by atoms with Crippen LogP contribution in [0.25, 0.3) is 0 Å². The lowest BCUT2D eigenvalue weighted by atomic mass is 10.2. The maximum atomic E-state index is 12.2.